The van der Waals surface area contributed by atoms with Gasteiger partial charge in [0.05, 0.1) is 25.0 Å². The predicted molar refractivity (Wildman–Crippen MR) is 101 cm³/mol. The number of aliphatic hydroxyl groups excluding tert-OH is 1. The number of benzene rings is 2. The highest BCUT2D eigenvalue weighted by molar-refractivity contribution is 7.98. The van der Waals surface area contributed by atoms with Gasteiger partial charge in [-0.2, -0.15) is 13.2 Å². The number of nitrogens with zero attached hydrogens (tertiary/aromatic N) is 2. The highest BCUT2D eigenvalue weighted by Crippen LogP contribution is 2.31. The van der Waals surface area contributed by atoms with E-state index in [-0.39, 0.29) is 6.61 Å². The first-order valence-corrected chi connectivity index (χ1v) is 9.46. The maximum Gasteiger partial charge on any atom is 0.416 e. The van der Waals surface area contributed by atoms with Gasteiger partial charge in [-0.25, -0.2) is 4.98 Å². The molecule has 0 bridgehead atoms. The largest absolute Gasteiger partial charge is 0.497 e. The number of hydrogen-bond acceptors (Lipinski definition) is 4. The smallest absolute Gasteiger partial charge is 0.416 e. The summed E-state index contributed by atoms with van der Waals surface area (Å²) in [4.78, 5) is 4.37. The van der Waals surface area contributed by atoms with Gasteiger partial charge in [-0.15, -0.1) is 0 Å². The molecule has 0 fully saturated rings. The summed E-state index contributed by atoms with van der Waals surface area (Å²) in [5, 5.41) is 10.0. The number of aliphatic hydroxyl groups is 1. The molecule has 8 heteroatoms. The van der Waals surface area contributed by atoms with Crippen LogP contribution in [0.1, 0.15) is 22.4 Å². The lowest BCUT2D eigenvalue weighted by Gasteiger charge is -2.10. The molecule has 1 aromatic heterocycles. The molecule has 0 atom stereocenters. The number of methoxy groups -OCH3 is 1. The summed E-state index contributed by atoms with van der Waals surface area (Å²) >= 11 is 1.33. The van der Waals surface area contributed by atoms with E-state index in [9.17, 15) is 18.3 Å². The molecule has 0 radical (unpaired) electrons. The molecule has 0 unspecified atom stereocenters. The number of imidazole rings is 1. The zero-order valence-corrected chi connectivity index (χ0v) is 15.9. The minimum atomic E-state index is -4.36. The lowest BCUT2D eigenvalue weighted by molar-refractivity contribution is -0.137. The van der Waals surface area contributed by atoms with E-state index in [1.807, 2.05) is 28.8 Å². The molecule has 3 rings (SSSR count). The summed E-state index contributed by atoms with van der Waals surface area (Å²) in [6.07, 6.45) is -2.61. The summed E-state index contributed by atoms with van der Waals surface area (Å²) in [5.74, 6) is 1.10. The van der Waals surface area contributed by atoms with Crippen LogP contribution in [0.4, 0.5) is 13.2 Å². The second kappa shape index (κ2) is 8.70. The molecule has 3 aromatic rings. The van der Waals surface area contributed by atoms with Gasteiger partial charge in [-0.1, -0.05) is 42.1 Å². The second-order valence-corrected chi connectivity index (χ2v) is 7.08. The van der Waals surface area contributed by atoms with E-state index < -0.39 is 11.7 Å². The van der Waals surface area contributed by atoms with E-state index in [0.29, 0.717) is 28.7 Å². The molecule has 0 aliphatic heterocycles. The summed E-state index contributed by atoms with van der Waals surface area (Å²) in [7, 11) is 1.60. The summed E-state index contributed by atoms with van der Waals surface area (Å²) in [5.41, 5.74) is 1.43. The number of aromatic nitrogens is 2. The van der Waals surface area contributed by atoms with E-state index in [4.69, 9.17) is 4.74 Å². The second-order valence-electron chi connectivity index (χ2n) is 6.14. The van der Waals surface area contributed by atoms with E-state index in [1.165, 1.54) is 17.8 Å². The van der Waals surface area contributed by atoms with Crippen molar-refractivity contribution in [3.8, 4) is 5.75 Å². The molecular formula is C20H19F3N2O2S. The average Bonchev–Trinajstić information content (AvgIpc) is 3.08. The Kier molecular flexibility index (Phi) is 6.31. The third kappa shape index (κ3) is 5.08. The summed E-state index contributed by atoms with van der Waals surface area (Å²) < 4.78 is 45.7. The Bertz CT molecular complexity index is 924. The van der Waals surface area contributed by atoms with Crippen LogP contribution in [0.25, 0.3) is 0 Å². The van der Waals surface area contributed by atoms with Gasteiger partial charge in [-0.3, -0.25) is 0 Å². The molecule has 0 saturated heterocycles. The molecule has 2 aromatic carbocycles. The van der Waals surface area contributed by atoms with Crippen molar-refractivity contribution in [2.45, 2.75) is 30.2 Å². The molecule has 1 heterocycles. The Morgan fingerprint density at radius 3 is 2.50 bits per heavy atom. The highest BCUT2D eigenvalue weighted by Gasteiger charge is 2.30. The van der Waals surface area contributed by atoms with Crippen molar-refractivity contribution in [3.05, 3.63) is 77.1 Å². The molecule has 0 amide bonds. The number of hydrogen-bond donors (Lipinski definition) is 1. The highest BCUT2D eigenvalue weighted by atomic mass is 32.2. The van der Waals surface area contributed by atoms with Crippen LogP contribution < -0.4 is 4.74 Å². The van der Waals surface area contributed by atoms with E-state index in [2.05, 4.69) is 4.98 Å². The minimum absolute atomic E-state index is 0.202. The van der Waals surface area contributed by atoms with Gasteiger partial charge in [0, 0.05) is 18.5 Å². The maximum atomic E-state index is 12.9. The normalized spacial score (nSPS) is 11.6. The van der Waals surface area contributed by atoms with Gasteiger partial charge in [0.15, 0.2) is 5.16 Å². The van der Waals surface area contributed by atoms with Gasteiger partial charge in [0.25, 0.3) is 0 Å². The van der Waals surface area contributed by atoms with Crippen molar-refractivity contribution in [1.82, 2.24) is 9.55 Å². The molecule has 0 spiro atoms. The van der Waals surface area contributed by atoms with Gasteiger partial charge < -0.3 is 14.4 Å². The number of rotatable bonds is 7. The molecule has 0 saturated carbocycles. The summed E-state index contributed by atoms with van der Waals surface area (Å²) in [6, 6.07) is 12.8. The third-order valence-corrected chi connectivity index (χ3v) is 5.15. The van der Waals surface area contributed by atoms with E-state index >= 15 is 0 Å². The Balaban J connectivity index is 1.75. The minimum Gasteiger partial charge on any atom is -0.497 e. The first-order valence-electron chi connectivity index (χ1n) is 8.48. The van der Waals surface area contributed by atoms with E-state index in [0.717, 1.165) is 23.4 Å². The van der Waals surface area contributed by atoms with Crippen LogP contribution in [0, 0.1) is 0 Å². The van der Waals surface area contributed by atoms with Crippen molar-refractivity contribution in [1.29, 1.82) is 0 Å². The average molecular weight is 408 g/mol. The lowest BCUT2D eigenvalue weighted by atomic mass is 10.1. The molecule has 0 aliphatic rings. The maximum absolute atomic E-state index is 12.9. The standard InChI is InChI=1S/C20H19F3N2O2S/c1-27-18-7-5-14(6-8-18)10-25-11-17(12-26)24-19(25)28-13-15-3-2-4-16(9-15)20(21,22)23/h2-9,11,26H,10,12-13H2,1H3. The molecule has 4 nitrogen and oxygen atoms in total. The van der Waals surface area contributed by atoms with Gasteiger partial charge in [0.1, 0.15) is 5.75 Å². The topological polar surface area (TPSA) is 47.3 Å². The number of alkyl halides is 3. The number of halogens is 3. The fourth-order valence-electron chi connectivity index (χ4n) is 2.67. The van der Waals surface area contributed by atoms with Crippen molar-refractivity contribution < 1.29 is 23.0 Å². The number of thioether (sulfide) groups is 1. The van der Waals surface area contributed by atoms with Crippen LogP contribution in [0.5, 0.6) is 5.75 Å². The molecule has 148 valence electrons. The summed E-state index contributed by atoms with van der Waals surface area (Å²) in [6.45, 7) is 0.328. The molecule has 0 aliphatic carbocycles. The third-order valence-electron chi connectivity index (χ3n) is 4.09. The fraction of sp³-hybridized carbons (Fsp3) is 0.250. The molecular weight excluding hydrogens is 389 g/mol. The Labute approximate surface area is 165 Å². The Morgan fingerprint density at radius 1 is 1.11 bits per heavy atom. The number of ether oxygens (including phenoxy) is 1. The molecule has 1 N–H and O–H groups in total. The van der Waals surface area contributed by atoms with Crippen LogP contribution in [0.15, 0.2) is 59.9 Å². The van der Waals surface area contributed by atoms with Crippen LogP contribution in [-0.2, 0) is 25.1 Å². The van der Waals surface area contributed by atoms with Crippen LogP contribution in [0.3, 0.4) is 0 Å². The van der Waals surface area contributed by atoms with E-state index in [1.54, 1.807) is 19.4 Å². The van der Waals surface area contributed by atoms with Crippen LogP contribution >= 0.6 is 11.8 Å². The van der Waals surface area contributed by atoms with Crippen molar-refractivity contribution in [2.75, 3.05) is 7.11 Å². The monoisotopic (exact) mass is 408 g/mol. The molecule has 28 heavy (non-hydrogen) atoms. The van der Waals surface area contributed by atoms with Crippen molar-refractivity contribution in [3.63, 3.8) is 0 Å². The van der Waals surface area contributed by atoms with Crippen LogP contribution in [-0.4, -0.2) is 21.8 Å². The fourth-order valence-corrected chi connectivity index (χ4v) is 3.61. The SMILES string of the molecule is COc1ccc(Cn2cc(CO)nc2SCc2cccc(C(F)(F)F)c2)cc1. The zero-order valence-electron chi connectivity index (χ0n) is 15.1. The van der Waals surface area contributed by atoms with Crippen molar-refractivity contribution >= 4 is 11.8 Å². The van der Waals surface area contributed by atoms with Gasteiger partial charge >= 0.3 is 6.18 Å². The predicted octanol–water partition coefficient (Wildman–Crippen LogP) is 4.74. The Hall–Kier alpha value is -2.45. The van der Waals surface area contributed by atoms with Crippen molar-refractivity contribution in [2.24, 2.45) is 0 Å². The van der Waals surface area contributed by atoms with Gasteiger partial charge in [0.2, 0.25) is 0 Å². The first kappa shape index (κ1) is 20.3. The Morgan fingerprint density at radius 2 is 1.86 bits per heavy atom. The lowest BCUT2D eigenvalue weighted by Crippen LogP contribution is -2.05. The van der Waals surface area contributed by atoms with Gasteiger partial charge in [-0.05, 0) is 29.3 Å². The first-order chi connectivity index (χ1) is 13.4. The zero-order chi connectivity index (χ0) is 20.1. The quantitative estimate of drug-likeness (QED) is 0.574. The van der Waals surface area contributed by atoms with Crippen LogP contribution in [0.2, 0.25) is 0 Å².